The van der Waals surface area contributed by atoms with Crippen molar-refractivity contribution in [2.24, 2.45) is 0 Å². The SMILES string of the molecule is CC(=O)NC(C)C(=O)NCCSCc1ccc(C)cc1. The molecule has 1 aromatic rings. The van der Waals surface area contributed by atoms with Crippen LogP contribution in [0, 0.1) is 6.92 Å². The van der Waals surface area contributed by atoms with Gasteiger partial charge in [0.1, 0.15) is 6.04 Å². The second kappa shape index (κ2) is 8.64. The highest BCUT2D eigenvalue weighted by Crippen LogP contribution is 2.12. The van der Waals surface area contributed by atoms with Crippen LogP contribution in [-0.4, -0.2) is 30.2 Å². The molecule has 1 aromatic carbocycles. The third kappa shape index (κ3) is 6.61. The van der Waals surface area contributed by atoms with Crippen LogP contribution in [0.5, 0.6) is 0 Å². The van der Waals surface area contributed by atoms with Crippen LogP contribution in [-0.2, 0) is 15.3 Å². The molecule has 0 aliphatic carbocycles. The molecule has 0 heterocycles. The first kappa shape index (κ1) is 16.6. The van der Waals surface area contributed by atoms with Crippen molar-refractivity contribution in [1.82, 2.24) is 10.6 Å². The predicted octanol–water partition coefficient (Wildman–Crippen LogP) is 1.87. The summed E-state index contributed by atoms with van der Waals surface area (Å²) in [5, 5.41) is 5.37. The van der Waals surface area contributed by atoms with Gasteiger partial charge in [-0.2, -0.15) is 11.8 Å². The fourth-order valence-electron chi connectivity index (χ4n) is 1.64. The van der Waals surface area contributed by atoms with E-state index < -0.39 is 6.04 Å². The molecule has 0 spiro atoms. The van der Waals surface area contributed by atoms with Gasteiger partial charge >= 0.3 is 0 Å². The number of nitrogens with one attached hydrogen (secondary N) is 2. The first-order valence-electron chi connectivity index (χ1n) is 6.67. The average Bonchev–Trinajstić information content (AvgIpc) is 2.39. The Bertz CT molecular complexity index is 446. The zero-order chi connectivity index (χ0) is 15.0. The van der Waals surface area contributed by atoms with Gasteiger partial charge in [0.05, 0.1) is 0 Å². The molecule has 2 N–H and O–H groups in total. The molecule has 0 radical (unpaired) electrons. The fourth-order valence-corrected chi connectivity index (χ4v) is 2.46. The van der Waals surface area contributed by atoms with E-state index in [-0.39, 0.29) is 11.8 Å². The summed E-state index contributed by atoms with van der Waals surface area (Å²) in [4.78, 5) is 22.4. The summed E-state index contributed by atoms with van der Waals surface area (Å²) in [6.07, 6.45) is 0. The highest BCUT2D eigenvalue weighted by molar-refractivity contribution is 7.98. The zero-order valence-electron chi connectivity index (χ0n) is 12.2. The van der Waals surface area contributed by atoms with E-state index in [1.54, 1.807) is 18.7 Å². The normalized spacial score (nSPS) is 11.8. The van der Waals surface area contributed by atoms with Gasteiger partial charge in [-0.05, 0) is 19.4 Å². The Hall–Kier alpha value is -1.49. The Morgan fingerprint density at radius 3 is 2.50 bits per heavy atom. The Labute approximate surface area is 124 Å². The van der Waals surface area contributed by atoms with E-state index in [0.717, 1.165) is 11.5 Å². The van der Waals surface area contributed by atoms with Gasteiger partial charge in [-0.15, -0.1) is 0 Å². The summed E-state index contributed by atoms with van der Waals surface area (Å²) in [5.41, 5.74) is 2.55. The molecule has 5 heteroatoms. The maximum absolute atomic E-state index is 11.6. The lowest BCUT2D eigenvalue weighted by molar-refractivity contribution is -0.127. The fraction of sp³-hybridized carbons (Fsp3) is 0.467. The number of carbonyl (C=O) groups is 2. The Balaban J connectivity index is 2.14. The summed E-state index contributed by atoms with van der Waals surface area (Å²) in [6.45, 7) is 5.76. The molecule has 1 atom stereocenters. The van der Waals surface area contributed by atoms with E-state index in [1.807, 2.05) is 0 Å². The second-order valence-electron chi connectivity index (χ2n) is 4.75. The summed E-state index contributed by atoms with van der Waals surface area (Å²) in [7, 11) is 0. The summed E-state index contributed by atoms with van der Waals surface area (Å²) < 4.78 is 0. The van der Waals surface area contributed by atoms with Crippen LogP contribution in [0.4, 0.5) is 0 Å². The van der Waals surface area contributed by atoms with Gasteiger partial charge < -0.3 is 10.6 Å². The second-order valence-corrected chi connectivity index (χ2v) is 5.86. The minimum absolute atomic E-state index is 0.142. The molecular weight excluding hydrogens is 272 g/mol. The van der Waals surface area contributed by atoms with E-state index in [1.165, 1.54) is 18.1 Å². The number of aryl methyl sites for hydroxylation is 1. The van der Waals surface area contributed by atoms with E-state index >= 15 is 0 Å². The molecule has 0 saturated heterocycles. The number of thioether (sulfide) groups is 1. The molecule has 0 aliphatic rings. The van der Waals surface area contributed by atoms with E-state index in [9.17, 15) is 9.59 Å². The quantitative estimate of drug-likeness (QED) is 0.755. The molecule has 1 unspecified atom stereocenters. The molecule has 0 saturated carbocycles. The van der Waals surface area contributed by atoms with Crippen molar-refractivity contribution in [2.45, 2.75) is 32.6 Å². The average molecular weight is 294 g/mol. The van der Waals surface area contributed by atoms with Crippen LogP contribution < -0.4 is 10.6 Å². The van der Waals surface area contributed by atoms with E-state index in [2.05, 4.69) is 41.8 Å². The third-order valence-electron chi connectivity index (χ3n) is 2.75. The molecule has 110 valence electrons. The lowest BCUT2D eigenvalue weighted by atomic mass is 10.2. The molecule has 0 bridgehead atoms. The van der Waals surface area contributed by atoms with Crippen molar-refractivity contribution in [1.29, 1.82) is 0 Å². The van der Waals surface area contributed by atoms with Crippen molar-refractivity contribution in [3.63, 3.8) is 0 Å². The highest BCUT2D eigenvalue weighted by atomic mass is 32.2. The number of benzene rings is 1. The van der Waals surface area contributed by atoms with Crippen molar-refractivity contribution >= 4 is 23.6 Å². The van der Waals surface area contributed by atoms with Crippen LogP contribution in [0.3, 0.4) is 0 Å². The summed E-state index contributed by atoms with van der Waals surface area (Å²) >= 11 is 1.78. The maximum atomic E-state index is 11.6. The first-order chi connectivity index (χ1) is 9.49. The lowest BCUT2D eigenvalue weighted by Gasteiger charge is -2.12. The molecule has 1 rings (SSSR count). The number of amides is 2. The van der Waals surface area contributed by atoms with Crippen LogP contribution >= 0.6 is 11.8 Å². The van der Waals surface area contributed by atoms with Gasteiger partial charge in [0, 0.05) is 25.0 Å². The van der Waals surface area contributed by atoms with Crippen molar-refractivity contribution in [2.75, 3.05) is 12.3 Å². The standard InChI is InChI=1S/C15H22N2O2S/c1-11-4-6-14(7-5-11)10-20-9-8-16-15(19)12(2)17-13(3)18/h4-7,12H,8-10H2,1-3H3,(H,16,19)(H,17,18). The minimum Gasteiger partial charge on any atom is -0.353 e. The van der Waals surface area contributed by atoms with Gasteiger partial charge in [0.25, 0.3) is 0 Å². The van der Waals surface area contributed by atoms with Crippen LogP contribution in [0.2, 0.25) is 0 Å². The highest BCUT2D eigenvalue weighted by Gasteiger charge is 2.12. The third-order valence-corrected chi connectivity index (χ3v) is 3.78. The van der Waals surface area contributed by atoms with Crippen molar-refractivity contribution in [3.8, 4) is 0 Å². The van der Waals surface area contributed by atoms with E-state index in [4.69, 9.17) is 0 Å². The Morgan fingerprint density at radius 1 is 1.25 bits per heavy atom. The predicted molar refractivity (Wildman–Crippen MR) is 83.6 cm³/mol. The topological polar surface area (TPSA) is 58.2 Å². The van der Waals surface area contributed by atoms with Crippen LogP contribution in [0.25, 0.3) is 0 Å². The molecule has 20 heavy (non-hydrogen) atoms. The van der Waals surface area contributed by atoms with Crippen LogP contribution in [0.15, 0.2) is 24.3 Å². The molecule has 2 amide bonds. The lowest BCUT2D eigenvalue weighted by Crippen LogP contribution is -2.44. The molecule has 4 nitrogen and oxygen atoms in total. The minimum atomic E-state index is -0.477. The van der Waals surface area contributed by atoms with Gasteiger partial charge in [-0.25, -0.2) is 0 Å². The zero-order valence-corrected chi connectivity index (χ0v) is 13.0. The smallest absolute Gasteiger partial charge is 0.242 e. The molecule has 0 aliphatic heterocycles. The molecule has 0 aromatic heterocycles. The summed E-state index contributed by atoms with van der Waals surface area (Å²) in [5.74, 6) is 1.46. The largest absolute Gasteiger partial charge is 0.353 e. The monoisotopic (exact) mass is 294 g/mol. The van der Waals surface area contributed by atoms with Gasteiger partial charge in [-0.1, -0.05) is 29.8 Å². The first-order valence-corrected chi connectivity index (χ1v) is 7.82. The van der Waals surface area contributed by atoms with E-state index in [0.29, 0.717) is 6.54 Å². The molecule has 0 fully saturated rings. The van der Waals surface area contributed by atoms with Crippen molar-refractivity contribution < 1.29 is 9.59 Å². The number of hydrogen-bond donors (Lipinski definition) is 2. The van der Waals surface area contributed by atoms with Crippen LogP contribution in [0.1, 0.15) is 25.0 Å². The van der Waals surface area contributed by atoms with Crippen molar-refractivity contribution in [3.05, 3.63) is 35.4 Å². The summed E-state index contributed by atoms with van der Waals surface area (Å²) in [6, 6.07) is 7.98. The Morgan fingerprint density at radius 2 is 1.90 bits per heavy atom. The van der Waals surface area contributed by atoms with Gasteiger partial charge in [-0.3, -0.25) is 9.59 Å². The number of hydrogen-bond acceptors (Lipinski definition) is 3. The van der Waals surface area contributed by atoms with Gasteiger partial charge in [0.15, 0.2) is 0 Å². The molecular formula is C15H22N2O2S. The number of carbonyl (C=O) groups excluding carboxylic acids is 2. The van der Waals surface area contributed by atoms with Gasteiger partial charge in [0.2, 0.25) is 11.8 Å². The number of rotatable bonds is 7. The maximum Gasteiger partial charge on any atom is 0.242 e. The Kier molecular flexibility index (Phi) is 7.15.